The summed E-state index contributed by atoms with van der Waals surface area (Å²) in [5, 5.41) is 2.81. The summed E-state index contributed by atoms with van der Waals surface area (Å²) >= 11 is 0. The molecule has 0 bridgehead atoms. The predicted molar refractivity (Wildman–Crippen MR) is 88.3 cm³/mol. The van der Waals surface area contributed by atoms with Crippen molar-refractivity contribution in [2.75, 3.05) is 18.6 Å². The lowest BCUT2D eigenvalue weighted by Gasteiger charge is -2.08. The number of hydrogen-bond acceptors (Lipinski definition) is 4. The zero-order valence-electron chi connectivity index (χ0n) is 12.7. The molecule has 0 aliphatic heterocycles. The number of pyridine rings is 1. The molecule has 1 heterocycles. The molecule has 1 N–H and O–H groups in total. The van der Waals surface area contributed by atoms with E-state index in [9.17, 15) is 9.00 Å². The first-order chi connectivity index (χ1) is 10.5. The minimum absolute atomic E-state index is 0.0983. The van der Waals surface area contributed by atoms with Crippen molar-refractivity contribution in [2.24, 2.45) is 4.36 Å². The number of rotatable bonds is 5. The van der Waals surface area contributed by atoms with Gasteiger partial charge in [0.1, 0.15) is 0 Å². The van der Waals surface area contributed by atoms with Crippen LogP contribution in [-0.2, 0) is 20.9 Å². The maximum atomic E-state index is 12.2. The van der Waals surface area contributed by atoms with Crippen LogP contribution in [0.3, 0.4) is 0 Å². The monoisotopic (exact) mass is 317 g/mol. The number of anilines is 1. The maximum absolute atomic E-state index is 12.2. The lowest BCUT2D eigenvalue weighted by atomic mass is 10.2. The Bertz CT molecular complexity index is 766. The molecule has 1 unspecified atom stereocenters. The van der Waals surface area contributed by atoms with Crippen LogP contribution >= 0.6 is 0 Å². The third-order valence-electron chi connectivity index (χ3n) is 3.24. The summed E-state index contributed by atoms with van der Waals surface area (Å²) in [6.45, 7) is 0. The Morgan fingerprint density at radius 2 is 2.09 bits per heavy atom. The Kier molecular flexibility index (Phi) is 5.27. The molecule has 0 aliphatic rings. The first-order valence-corrected chi connectivity index (χ1v) is 8.84. The van der Waals surface area contributed by atoms with Gasteiger partial charge in [0.05, 0.1) is 9.73 Å². The number of nitrogens with zero attached hydrogens (tertiary/aromatic N) is 2. The number of aromatic nitrogens is 1. The summed E-state index contributed by atoms with van der Waals surface area (Å²) in [7, 11) is -0.870. The van der Waals surface area contributed by atoms with E-state index in [1.54, 1.807) is 36.7 Å². The summed E-state index contributed by atoms with van der Waals surface area (Å²) in [5.41, 5.74) is 1.51. The Morgan fingerprint density at radius 3 is 2.77 bits per heavy atom. The second-order valence-electron chi connectivity index (χ2n) is 4.88. The van der Waals surface area contributed by atoms with E-state index in [0.717, 1.165) is 5.69 Å². The molecule has 0 radical (unpaired) electrons. The molecule has 5 nitrogen and oxygen atoms in total. The van der Waals surface area contributed by atoms with Gasteiger partial charge in [-0.3, -0.25) is 9.78 Å². The van der Waals surface area contributed by atoms with Crippen molar-refractivity contribution in [1.82, 2.24) is 4.98 Å². The molecule has 0 fully saturated rings. The van der Waals surface area contributed by atoms with Gasteiger partial charge < -0.3 is 5.32 Å². The van der Waals surface area contributed by atoms with Crippen LogP contribution in [0.25, 0.3) is 0 Å². The van der Waals surface area contributed by atoms with Crippen LogP contribution in [0.1, 0.15) is 12.1 Å². The highest BCUT2D eigenvalue weighted by Gasteiger charge is 2.08. The summed E-state index contributed by atoms with van der Waals surface area (Å²) in [4.78, 5) is 16.8. The van der Waals surface area contributed by atoms with Crippen molar-refractivity contribution in [3.8, 4) is 0 Å². The van der Waals surface area contributed by atoms with Crippen molar-refractivity contribution >= 4 is 21.3 Å². The van der Waals surface area contributed by atoms with Crippen LogP contribution in [-0.4, -0.2) is 28.4 Å². The average molecular weight is 317 g/mol. The molecule has 1 aromatic heterocycles. The third kappa shape index (κ3) is 4.39. The van der Waals surface area contributed by atoms with Crippen LogP contribution in [0.5, 0.6) is 0 Å². The van der Waals surface area contributed by atoms with Gasteiger partial charge in [0, 0.05) is 42.2 Å². The van der Waals surface area contributed by atoms with E-state index in [0.29, 0.717) is 23.4 Å². The Hall–Kier alpha value is -2.21. The van der Waals surface area contributed by atoms with Gasteiger partial charge in [0.2, 0.25) is 5.91 Å². The highest BCUT2D eigenvalue weighted by Crippen LogP contribution is 2.17. The quantitative estimate of drug-likeness (QED) is 0.921. The molecule has 6 heteroatoms. The predicted octanol–water partition coefficient (Wildman–Crippen LogP) is 2.74. The maximum Gasteiger partial charge on any atom is 0.224 e. The molecule has 2 rings (SSSR count). The fourth-order valence-electron chi connectivity index (χ4n) is 1.93. The van der Waals surface area contributed by atoms with Gasteiger partial charge in [-0.1, -0.05) is 12.1 Å². The molecule has 0 saturated heterocycles. The fourth-order valence-corrected chi connectivity index (χ4v) is 2.81. The van der Waals surface area contributed by atoms with Crippen molar-refractivity contribution in [3.05, 3.63) is 54.4 Å². The van der Waals surface area contributed by atoms with E-state index in [4.69, 9.17) is 0 Å². The topological polar surface area (TPSA) is 71.4 Å². The van der Waals surface area contributed by atoms with Gasteiger partial charge in [-0.2, -0.15) is 0 Å². The van der Waals surface area contributed by atoms with Gasteiger partial charge in [-0.05, 0) is 36.8 Å². The van der Waals surface area contributed by atoms with E-state index < -0.39 is 9.73 Å². The first kappa shape index (κ1) is 16.2. The van der Waals surface area contributed by atoms with E-state index in [1.807, 2.05) is 18.2 Å². The molecular formula is C16H19N3O2S. The average Bonchev–Trinajstić information content (AvgIpc) is 2.54. The molecule has 1 atom stereocenters. The van der Waals surface area contributed by atoms with Gasteiger partial charge >= 0.3 is 0 Å². The largest absolute Gasteiger partial charge is 0.326 e. The number of carbonyl (C=O) groups is 1. The molecular weight excluding hydrogens is 298 g/mol. The van der Waals surface area contributed by atoms with E-state index in [2.05, 4.69) is 14.7 Å². The lowest BCUT2D eigenvalue weighted by molar-refractivity contribution is -0.116. The summed E-state index contributed by atoms with van der Waals surface area (Å²) in [6, 6.07) is 12.6. The number of aryl methyl sites for hydroxylation is 1. The number of nitrogens with one attached hydrogen (secondary N) is 1. The smallest absolute Gasteiger partial charge is 0.224 e. The highest BCUT2D eigenvalue weighted by atomic mass is 32.2. The van der Waals surface area contributed by atoms with Crippen LogP contribution in [0.2, 0.25) is 0 Å². The Morgan fingerprint density at radius 1 is 1.27 bits per heavy atom. The summed E-state index contributed by atoms with van der Waals surface area (Å²) in [6.07, 6.45) is 4.22. The zero-order chi connectivity index (χ0) is 16.0. The normalized spacial score (nSPS) is 13.2. The van der Waals surface area contributed by atoms with Crippen molar-refractivity contribution in [3.63, 3.8) is 0 Å². The molecule has 0 aliphatic carbocycles. The van der Waals surface area contributed by atoms with Crippen LogP contribution in [0.15, 0.2) is 57.9 Å². The molecule has 116 valence electrons. The Balaban J connectivity index is 2.00. The second kappa shape index (κ2) is 7.17. The first-order valence-electron chi connectivity index (χ1n) is 6.91. The summed E-state index contributed by atoms with van der Waals surface area (Å²) < 4.78 is 16.1. The van der Waals surface area contributed by atoms with E-state index in [1.165, 1.54) is 7.05 Å². The fraction of sp³-hybridized carbons (Fsp3) is 0.250. The number of benzene rings is 1. The number of hydrogen-bond donors (Lipinski definition) is 1. The van der Waals surface area contributed by atoms with Crippen molar-refractivity contribution < 1.29 is 9.00 Å². The highest BCUT2D eigenvalue weighted by molar-refractivity contribution is 7.93. The van der Waals surface area contributed by atoms with Crippen LogP contribution < -0.4 is 5.32 Å². The minimum Gasteiger partial charge on any atom is -0.326 e. The second-order valence-corrected chi connectivity index (χ2v) is 7.32. The minimum atomic E-state index is -2.40. The van der Waals surface area contributed by atoms with E-state index in [-0.39, 0.29) is 5.91 Å². The third-order valence-corrected chi connectivity index (χ3v) is 5.06. The van der Waals surface area contributed by atoms with Crippen molar-refractivity contribution in [1.29, 1.82) is 0 Å². The van der Waals surface area contributed by atoms with Gasteiger partial charge in [0.15, 0.2) is 0 Å². The number of carbonyl (C=O) groups excluding carboxylic acids is 1. The van der Waals surface area contributed by atoms with Gasteiger partial charge in [0.25, 0.3) is 0 Å². The SMILES string of the molecule is CN=S(C)(=O)c1cccc(NC(=O)CCc2ccccn2)c1. The molecule has 1 aromatic carbocycles. The summed E-state index contributed by atoms with van der Waals surface area (Å²) in [5.74, 6) is -0.0983. The molecule has 0 spiro atoms. The zero-order valence-corrected chi connectivity index (χ0v) is 13.5. The molecule has 0 saturated carbocycles. The Labute approximate surface area is 131 Å². The standard InChI is InChI=1S/C16H19N3O2S/c1-17-22(2,21)15-8-5-7-14(12-15)19-16(20)10-9-13-6-3-4-11-18-13/h3-8,11-12H,9-10H2,1-2H3,(H,19,20). The van der Waals surface area contributed by atoms with Gasteiger partial charge in [-0.25, -0.2) is 8.57 Å². The van der Waals surface area contributed by atoms with E-state index >= 15 is 0 Å². The molecule has 1 amide bonds. The van der Waals surface area contributed by atoms with Gasteiger partial charge in [-0.15, -0.1) is 0 Å². The lowest BCUT2D eigenvalue weighted by Crippen LogP contribution is -2.13. The van der Waals surface area contributed by atoms with Crippen LogP contribution in [0.4, 0.5) is 5.69 Å². The van der Waals surface area contributed by atoms with Crippen molar-refractivity contribution in [2.45, 2.75) is 17.7 Å². The number of amides is 1. The van der Waals surface area contributed by atoms with Crippen LogP contribution in [0, 0.1) is 0 Å². The molecule has 22 heavy (non-hydrogen) atoms. The molecule has 2 aromatic rings.